The van der Waals surface area contributed by atoms with Crippen LogP contribution in [0.15, 0.2) is 24.3 Å². The Bertz CT molecular complexity index is 614. The van der Waals surface area contributed by atoms with Crippen LogP contribution in [0.5, 0.6) is 0 Å². The second kappa shape index (κ2) is 3.83. The fourth-order valence-electron chi connectivity index (χ4n) is 2.58. The van der Waals surface area contributed by atoms with Gasteiger partial charge in [0.2, 0.25) is 0 Å². The van der Waals surface area contributed by atoms with Crippen LogP contribution in [-0.2, 0) is 9.84 Å². The standard InChI is InChI=1S/C11H13N3O2S2/c12-7-2-1-3-8(4-7)14-10-6-18(15,16)5-9(10)13-11(14)17/h1-4,9-10H,5-6,12H2,(H,13,17)/t9-,10+/m1/s1. The largest absolute Gasteiger partial charge is 0.399 e. The molecule has 0 aliphatic carbocycles. The molecule has 2 atom stereocenters. The van der Waals surface area contributed by atoms with Gasteiger partial charge in [0.05, 0.1) is 23.6 Å². The van der Waals surface area contributed by atoms with Gasteiger partial charge in [-0.05, 0) is 30.4 Å². The number of hydrogen-bond donors (Lipinski definition) is 2. The Labute approximate surface area is 111 Å². The summed E-state index contributed by atoms with van der Waals surface area (Å²) in [7, 11) is -2.98. The molecule has 0 aromatic heterocycles. The van der Waals surface area contributed by atoms with E-state index in [9.17, 15) is 8.42 Å². The zero-order chi connectivity index (χ0) is 12.9. The zero-order valence-electron chi connectivity index (χ0n) is 9.54. The maximum absolute atomic E-state index is 11.7. The van der Waals surface area contributed by atoms with Crippen molar-refractivity contribution in [3.05, 3.63) is 24.3 Å². The number of nitrogens with two attached hydrogens (primary N) is 1. The minimum atomic E-state index is -2.98. The summed E-state index contributed by atoms with van der Waals surface area (Å²) >= 11 is 5.27. The molecule has 96 valence electrons. The number of fused-ring (bicyclic) bond motifs is 1. The number of nitrogens with zero attached hydrogens (tertiary/aromatic N) is 1. The number of rotatable bonds is 1. The van der Waals surface area contributed by atoms with Crippen LogP contribution in [0.1, 0.15) is 0 Å². The van der Waals surface area contributed by atoms with Crippen LogP contribution in [-0.4, -0.2) is 37.1 Å². The van der Waals surface area contributed by atoms with Crippen molar-refractivity contribution in [3.8, 4) is 0 Å². The van der Waals surface area contributed by atoms with Crippen molar-refractivity contribution in [2.75, 3.05) is 22.1 Å². The lowest BCUT2D eigenvalue weighted by atomic mass is 10.1. The van der Waals surface area contributed by atoms with Crippen molar-refractivity contribution >= 4 is 38.5 Å². The summed E-state index contributed by atoms with van der Waals surface area (Å²) in [5.74, 6) is 0.288. The molecule has 0 saturated carbocycles. The molecule has 1 aromatic rings. The third-order valence-electron chi connectivity index (χ3n) is 3.33. The minimum Gasteiger partial charge on any atom is -0.399 e. The monoisotopic (exact) mass is 283 g/mol. The molecule has 0 radical (unpaired) electrons. The summed E-state index contributed by atoms with van der Waals surface area (Å²) in [5.41, 5.74) is 7.24. The molecule has 0 spiro atoms. The van der Waals surface area contributed by atoms with Gasteiger partial charge in [0, 0.05) is 11.4 Å². The van der Waals surface area contributed by atoms with E-state index in [-0.39, 0.29) is 23.6 Å². The average Bonchev–Trinajstić information content (AvgIpc) is 2.68. The second-order valence-electron chi connectivity index (χ2n) is 4.67. The lowest BCUT2D eigenvalue weighted by Crippen LogP contribution is -2.36. The molecule has 0 unspecified atom stereocenters. The normalized spacial score (nSPS) is 29.1. The summed E-state index contributed by atoms with van der Waals surface area (Å²) in [6.45, 7) is 0. The third-order valence-corrected chi connectivity index (χ3v) is 5.36. The average molecular weight is 283 g/mol. The number of nitrogens with one attached hydrogen (secondary N) is 1. The Hall–Kier alpha value is -1.34. The summed E-state index contributed by atoms with van der Waals surface area (Å²) in [6, 6.07) is 7.09. The highest BCUT2D eigenvalue weighted by Crippen LogP contribution is 2.30. The Balaban J connectivity index is 1.99. The van der Waals surface area contributed by atoms with Crippen molar-refractivity contribution in [2.24, 2.45) is 0 Å². The molecule has 3 rings (SSSR count). The first-order chi connectivity index (χ1) is 8.46. The van der Waals surface area contributed by atoms with Crippen LogP contribution >= 0.6 is 12.2 Å². The van der Waals surface area contributed by atoms with Crippen molar-refractivity contribution in [3.63, 3.8) is 0 Å². The zero-order valence-corrected chi connectivity index (χ0v) is 11.2. The highest BCUT2D eigenvalue weighted by Gasteiger charge is 2.47. The summed E-state index contributed by atoms with van der Waals surface area (Å²) in [5, 5.41) is 3.65. The fourth-order valence-corrected chi connectivity index (χ4v) is 4.87. The molecule has 7 heteroatoms. The number of anilines is 2. The summed E-state index contributed by atoms with van der Waals surface area (Å²) in [4.78, 5) is 1.86. The lowest BCUT2D eigenvalue weighted by Gasteiger charge is -2.23. The molecule has 18 heavy (non-hydrogen) atoms. The third kappa shape index (κ3) is 1.83. The van der Waals surface area contributed by atoms with Crippen LogP contribution in [0.25, 0.3) is 0 Å². The first-order valence-corrected chi connectivity index (χ1v) is 7.85. The molecule has 1 aromatic carbocycles. The highest BCUT2D eigenvalue weighted by atomic mass is 32.2. The molecule has 2 fully saturated rings. The lowest BCUT2D eigenvalue weighted by molar-refractivity contribution is 0.600. The van der Waals surface area contributed by atoms with Gasteiger partial charge in [0.15, 0.2) is 14.9 Å². The van der Waals surface area contributed by atoms with E-state index in [1.54, 1.807) is 12.1 Å². The highest BCUT2D eigenvalue weighted by molar-refractivity contribution is 7.91. The Kier molecular flexibility index (Phi) is 2.49. The predicted octanol–water partition coefficient (Wildman–Crippen LogP) is 0.129. The molecule has 0 bridgehead atoms. The van der Waals surface area contributed by atoms with Crippen LogP contribution in [0.3, 0.4) is 0 Å². The van der Waals surface area contributed by atoms with Crippen molar-refractivity contribution < 1.29 is 8.42 Å². The first kappa shape index (κ1) is 11.7. The number of benzene rings is 1. The molecule has 5 nitrogen and oxygen atoms in total. The quantitative estimate of drug-likeness (QED) is 0.563. The topological polar surface area (TPSA) is 75.4 Å². The molecule has 0 amide bonds. The number of hydrogen-bond acceptors (Lipinski definition) is 4. The Morgan fingerprint density at radius 2 is 2.17 bits per heavy atom. The molecular formula is C11H13N3O2S2. The van der Waals surface area contributed by atoms with Gasteiger partial charge in [0.1, 0.15) is 0 Å². The van der Waals surface area contributed by atoms with Gasteiger partial charge in [-0.2, -0.15) is 0 Å². The molecule has 2 aliphatic heterocycles. The number of nitrogen functional groups attached to an aromatic ring is 1. The van der Waals surface area contributed by atoms with E-state index in [4.69, 9.17) is 18.0 Å². The molecule has 3 N–H and O–H groups in total. The van der Waals surface area contributed by atoms with Crippen LogP contribution in [0.4, 0.5) is 11.4 Å². The Morgan fingerprint density at radius 1 is 1.39 bits per heavy atom. The second-order valence-corrected chi connectivity index (χ2v) is 7.21. The maximum atomic E-state index is 11.7. The van der Waals surface area contributed by atoms with E-state index >= 15 is 0 Å². The molecule has 2 heterocycles. The SMILES string of the molecule is Nc1cccc(N2C(=S)N[C@@H]3CS(=O)(=O)C[C@@H]32)c1. The van der Waals surface area contributed by atoms with E-state index in [0.29, 0.717) is 10.8 Å². The number of thiocarbonyl (C=S) groups is 1. The fraction of sp³-hybridized carbons (Fsp3) is 0.364. The van der Waals surface area contributed by atoms with Crippen molar-refractivity contribution in [2.45, 2.75) is 12.1 Å². The van der Waals surface area contributed by atoms with E-state index in [2.05, 4.69) is 5.32 Å². The van der Waals surface area contributed by atoms with Gasteiger partial charge in [-0.15, -0.1) is 0 Å². The first-order valence-electron chi connectivity index (χ1n) is 5.62. The van der Waals surface area contributed by atoms with Gasteiger partial charge in [0.25, 0.3) is 0 Å². The van der Waals surface area contributed by atoms with Crippen molar-refractivity contribution in [1.82, 2.24) is 5.32 Å². The molecule has 2 saturated heterocycles. The molecule has 2 aliphatic rings. The van der Waals surface area contributed by atoms with Gasteiger partial charge in [-0.1, -0.05) is 6.07 Å². The van der Waals surface area contributed by atoms with Crippen molar-refractivity contribution in [1.29, 1.82) is 0 Å². The van der Waals surface area contributed by atoms with E-state index in [0.717, 1.165) is 5.69 Å². The van der Waals surface area contributed by atoms with Crippen LogP contribution in [0, 0.1) is 0 Å². The predicted molar refractivity (Wildman–Crippen MR) is 75.3 cm³/mol. The van der Waals surface area contributed by atoms with E-state index in [1.807, 2.05) is 17.0 Å². The Morgan fingerprint density at radius 3 is 2.89 bits per heavy atom. The summed E-state index contributed by atoms with van der Waals surface area (Å²) < 4.78 is 23.3. The van der Waals surface area contributed by atoms with Gasteiger partial charge >= 0.3 is 0 Å². The smallest absolute Gasteiger partial charge is 0.174 e. The van der Waals surface area contributed by atoms with Crippen LogP contribution < -0.4 is 16.0 Å². The van der Waals surface area contributed by atoms with Gasteiger partial charge in [-0.3, -0.25) is 0 Å². The summed E-state index contributed by atoms with van der Waals surface area (Å²) in [6.07, 6.45) is 0. The van der Waals surface area contributed by atoms with Gasteiger partial charge in [-0.25, -0.2) is 8.42 Å². The maximum Gasteiger partial charge on any atom is 0.174 e. The van der Waals surface area contributed by atoms with Gasteiger partial charge < -0.3 is 16.0 Å². The van der Waals surface area contributed by atoms with E-state index < -0.39 is 9.84 Å². The van der Waals surface area contributed by atoms with Crippen LogP contribution in [0.2, 0.25) is 0 Å². The van der Waals surface area contributed by atoms with E-state index in [1.165, 1.54) is 0 Å². The molecular weight excluding hydrogens is 270 g/mol. The minimum absolute atomic E-state index is 0.107. The number of sulfone groups is 1.